The minimum Gasteiger partial charge on any atom is -0.379 e. The summed E-state index contributed by atoms with van der Waals surface area (Å²) in [5.74, 6) is -0.732. The molecule has 0 radical (unpaired) electrons. The van der Waals surface area contributed by atoms with Crippen LogP contribution in [0.2, 0.25) is 0 Å². The van der Waals surface area contributed by atoms with Gasteiger partial charge in [0.1, 0.15) is 11.4 Å². The predicted molar refractivity (Wildman–Crippen MR) is 115 cm³/mol. The van der Waals surface area contributed by atoms with Crippen LogP contribution in [-0.4, -0.2) is 90.6 Å². The lowest BCUT2D eigenvalue weighted by molar-refractivity contribution is -0.135. The standard InChI is InChI=1S/C23H31FN4O4/c1-23(21(30)28(22(31)25-23)11-10-26-12-14-32-15-13-26)18-6-8-27(9-7-18)20(29)16-17-4-2-3-5-19(17)24/h2-5,18H,6-16H2,1H3,(H,25,31)/t23-/m1/s1. The lowest BCUT2D eigenvalue weighted by Gasteiger charge is -2.39. The number of nitrogens with zero attached hydrogens (tertiary/aromatic N) is 3. The summed E-state index contributed by atoms with van der Waals surface area (Å²) in [5.41, 5.74) is -0.566. The Morgan fingerprint density at radius 3 is 2.50 bits per heavy atom. The van der Waals surface area contributed by atoms with Crippen molar-refractivity contribution < 1.29 is 23.5 Å². The van der Waals surface area contributed by atoms with Gasteiger partial charge in [-0.1, -0.05) is 18.2 Å². The number of ether oxygens (including phenoxy) is 1. The van der Waals surface area contributed by atoms with Gasteiger partial charge in [0, 0.05) is 39.3 Å². The summed E-state index contributed by atoms with van der Waals surface area (Å²) >= 11 is 0. The number of imide groups is 1. The van der Waals surface area contributed by atoms with E-state index in [1.54, 1.807) is 30.0 Å². The fourth-order valence-electron chi connectivity index (χ4n) is 4.88. The van der Waals surface area contributed by atoms with Crippen molar-refractivity contribution in [1.82, 2.24) is 20.0 Å². The first-order chi connectivity index (χ1) is 15.4. The van der Waals surface area contributed by atoms with E-state index in [9.17, 15) is 18.8 Å². The molecule has 1 aromatic rings. The molecular formula is C23H31FN4O4. The van der Waals surface area contributed by atoms with Gasteiger partial charge >= 0.3 is 6.03 Å². The molecule has 1 atom stereocenters. The van der Waals surface area contributed by atoms with Gasteiger partial charge in [-0.15, -0.1) is 0 Å². The first-order valence-corrected chi connectivity index (χ1v) is 11.3. The molecule has 4 rings (SSSR count). The molecule has 0 aliphatic carbocycles. The molecule has 3 aliphatic heterocycles. The number of urea groups is 1. The third kappa shape index (κ3) is 4.63. The van der Waals surface area contributed by atoms with Crippen molar-refractivity contribution in [3.05, 3.63) is 35.6 Å². The molecule has 3 aliphatic rings. The number of nitrogens with one attached hydrogen (secondary N) is 1. The first-order valence-electron chi connectivity index (χ1n) is 11.3. The molecule has 1 aromatic carbocycles. The van der Waals surface area contributed by atoms with Gasteiger partial charge in [-0.2, -0.15) is 0 Å². The Morgan fingerprint density at radius 1 is 1.12 bits per heavy atom. The van der Waals surface area contributed by atoms with E-state index in [-0.39, 0.29) is 36.0 Å². The highest BCUT2D eigenvalue weighted by atomic mass is 19.1. The predicted octanol–water partition coefficient (Wildman–Crippen LogP) is 1.25. The van der Waals surface area contributed by atoms with Crippen molar-refractivity contribution in [2.75, 3.05) is 52.5 Å². The molecule has 3 saturated heterocycles. The van der Waals surface area contributed by atoms with Crippen LogP contribution in [0, 0.1) is 11.7 Å². The summed E-state index contributed by atoms with van der Waals surface area (Å²) in [6, 6.07) is 5.96. The fourth-order valence-corrected chi connectivity index (χ4v) is 4.88. The Bertz CT molecular complexity index is 867. The van der Waals surface area contributed by atoms with Crippen LogP contribution in [0.15, 0.2) is 24.3 Å². The van der Waals surface area contributed by atoms with E-state index in [4.69, 9.17) is 4.74 Å². The lowest BCUT2D eigenvalue weighted by atomic mass is 9.79. The van der Waals surface area contributed by atoms with Crippen molar-refractivity contribution in [3.8, 4) is 0 Å². The van der Waals surface area contributed by atoms with Crippen molar-refractivity contribution in [2.45, 2.75) is 31.7 Å². The SMILES string of the molecule is C[C@]1(C2CCN(C(=O)Cc3ccccc3F)CC2)NC(=O)N(CCN2CCOCC2)C1=O. The van der Waals surface area contributed by atoms with Gasteiger partial charge in [-0.25, -0.2) is 9.18 Å². The molecular weight excluding hydrogens is 415 g/mol. The van der Waals surface area contributed by atoms with Crippen LogP contribution in [0.5, 0.6) is 0 Å². The second-order valence-corrected chi connectivity index (χ2v) is 8.97. The smallest absolute Gasteiger partial charge is 0.325 e. The molecule has 1 N–H and O–H groups in total. The zero-order chi connectivity index (χ0) is 22.7. The molecule has 32 heavy (non-hydrogen) atoms. The topological polar surface area (TPSA) is 82.2 Å². The normalized spacial score (nSPS) is 25.3. The third-order valence-electron chi connectivity index (χ3n) is 7.01. The molecule has 4 amide bonds. The molecule has 0 saturated carbocycles. The molecule has 0 aromatic heterocycles. The van der Waals surface area contributed by atoms with E-state index in [0.29, 0.717) is 57.8 Å². The van der Waals surface area contributed by atoms with Crippen LogP contribution >= 0.6 is 0 Å². The van der Waals surface area contributed by atoms with Crippen molar-refractivity contribution in [2.24, 2.45) is 5.92 Å². The van der Waals surface area contributed by atoms with E-state index in [0.717, 1.165) is 13.1 Å². The van der Waals surface area contributed by atoms with Crippen molar-refractivity contribution in [3.63, 3.8) is 0 Å². The number of amides is 4. The molecule has 174 valence electrons. The van der Waals surface area contributed by atoms with Gasteiger partial charge in [0.2, 0.25) is 5.91 Å². The summed E-state index contributed by atoms with van der Waals surface area (Å²) < 4.78 is 19.2. The number of morpholine rings is 1. The number of likely N-dealkylation sites (tertiary alicyclic amines) is 1. The van der Waals surface area contributed by atoms with Crippen molar-refractivity contribution >= 4 is 17.8 Å². The summed E-state index contributed by atoms with van der Waals surface area (Å²) in [6.07, 6.45) is 1.26. The molecule has 3 heterocycles. The number of hydrogen-bond acceptors (Lipinski definition) is 5. The van der Waals surface area contributed by atoms with Crippen LogP contribution in [0.3, 0.4) is 0 Å². The van der Waals surface area contributed by atoms with Crippen LogP contribution in [0.1, 0.15) is 25.3 Å². The number of benzene rings is 1. The number of rotatable bonds is 6. The zero-order valence-electron chi connectivity index (χ0n) is 18.5. The summed E-state index contributed by atoms with van der Waals surface area (Å²) in [4.78, 5) is 43.6. The molecule has 0 spiro atoms. The van der Waals surface area contributed by atoms with Gasteiger partial charge in [0.05, 0.1) is 19.6 Å². The molecule has 0 bridgehead atoms. The maximum atomic E-state index is 13.9. The number of carbonyl (C=O) groups excluding carboxylic acids is 3. The monoisotopic (exact) mass is 446 g/mol. The lowest BCUT2D eigenvalue weighted by Crippen LogP contribution is -2.54. The highest BCUT2D eigenvalue weighted by Gasteiger charge is 2.52. The number of hydrogen-bond donors (Lipinski definition) is 1. The Hall–Kier alpha value is -2.52. The third-order valence-corrected chi connectivity index (χ3v) is 7.01. The van der Waals surface area contributed by atoms with Gasteiger partial charge in [-0.05, 0) is 37.3 Å². The van der Waals surface area contributed by atoms with Crippen LogP contribution < -0.4 is 5.32 Å². The van der Waals surface area contributed by atoms with Crippen LogP contribution in [-0.2, 0) is 20.7 Å². The largest absolute Gasteiger partial charge is 0.379 e. The quantitative estimate of drug-likeness (QED) is 0.666. The minimum atomic E-state index is -0.956. The maximum absolute atomic E-state index is 13.9. The average molecular weight is 447 g/mol. The van der Waals surface area contributed by atoms with E-state index >= 15 is 0 Å². The van der Waals surface area contributed by atoms with E-state index in [1.165, 1.54) is 11.0 Å². The van der Waals surface area contributed by atoms with E-state index in [2.05, 4.69) is 10.2 Å². The number of carbonyl (C=O) groups is 3. The highest BCUT2D eigenvalue weighted by molar-refractivity contribution is 6.07. The van der Waals surface area contributed by atoms with Crippen molar-refractivity contribution in [1.29, 1.82) is 0 Å². The Labute approximate surface area is 187 Å². The second kappa shape index (κ2) is 9.54. The molecule has 0 unspecified atom stereocenters. The Balaban J connectivity index is 1.31. The molecule has 8 nitrogen and oxygen atoms in total. The number of piperidine rings is 1. The number of halogens is 1. The minimum absolute atomic E-state index is 0.0274. The van der Waals surface area contributed by atoms with Gasteiger partial charge < -0.3 is 15.0 Å². The van der Waals surface area contributed by atoms with E-state index in [1.807, 2.05) is 0 Å². The Morgan fingerprint density at radius 2 is 1.81 bits per heavy atom. The summed E-state index contributed by atoms with van der Waals surface area (Å²) in [6.45, 7) is 6.74. The van der Waals surface area contributed by atoms with Gasteiger partial charge in [0.25, 0.3) is 5.91 Å². The summed E-state index contributed by atoms with van der Waals surface area (Å²) in [5, 5.41) is 2.92. The fraction of sp³-hybridized carbons (Fsp3) is 0.609. The van der Waals surface area contributed by atoms with Gasteiger partial charge in [0.15, 0.2) is 0 Å². The molecule has 9 heteroatoms. The Kier molecular flexibility index (Phi) is 6.76. The van der Waals surface area contributed by atoms with Crippen LogP contribution in [0.4, 0.5) is 9.18 Å². The maximum Gasteiger partial charge on any atom is 0.325 e. The van der Waals surface area contributed by atoms with Gasteiger partial charge in [-0.3, -0.25) is 19.4 Å². The molecule has 3 fully saturated rings. The van der Waals surface area contributed by atoms with Crippen LogP contribution in [0.25, 0.3) is 0 Å². The zero-order valence-corrected chi connectivity index (χ0v) is 18.5. The highest BCUT2D eigenvalue weighted by Crippen LogP contribution is 2.33. The summed E-state index contributed by atoms with van der Waals surface area (Å²) in [7, 11) is 0. The first kappa shape index (κ1) is 22.7. The average Bonchev–Trinajstić information content (AvgIpc) is 3.03. The van der Waals surface area contributed by atoms with E-state index < -0.39 is 5.54 Å². The second-order valence-electron chi connectivity index (χ2n) is 8.97.